The Labute approximate surface area is 119 Å². The second kappa shape index (κ2) is 6.70. The third kappa shape index (κ3) is 3.48. The average molecular weight is 288 g/mol. The minimum absolute atomic E-state index is 0.102. The summed E-state index contributed by atoms with van der Waals surface area (Å²) >= 11 is 6.37. The molecular formula is C13H22ClN3O2. The topological polar surface area (TPSA) is 48.3 Å². The van der Waals surface area contributed by atoms with Crippen molar-refractivity contribution in [3.63, 3.8) is 0 Å². The lowest BCUT2D eigenvalue weighted by molar-refractivity contribution is -0.0523. The molecule has 1 unspecified atom stereocenters. The largest absolute Gasteiger partial charge is 0.350 e. The number of hydrogen-bond acceptors (Lipinski definition) is 4. The van der Waals surface area contributed by atoms with Gasteiger partial charge in [0.25, 0.3) is 0 Å². The lowest BCUT2D eigenvalue weighted by Gasteiger charge is -2.19. The molecule has 2 rings (SSSR count). The van der Waals surface area contributed by atoms with Gasteiger partial charge in [-0.25, -0.2) is 0 Å². The Balaban J connectivity index is 2.02. The van der Waals surface area contributed by atoms with E-state index in [1.165, 1.54) is 0 Å². The number of halogens is 1. The highest BCUT2D eigenvalue weighted by Crippen LogP contribution is 2.23. The smallest absolute Gasteiger partial charge is 0.159 e. The predicted octanol–water partition coefficient (Wildman–Crippen LogP) is 1.53. The molecule has 0 aromatic carbocycles. The molecule has 1 aromatic heterocycles. The number of nitrogens with zero attached hydrogens (tertiary/aromatic N) is 2. The molecule has 1 fully saturated rings. The summed E-state index contributed by atoms with van der Waals surface area (Å²) in [4.78, 5) is 0. The maximum absolute atomic E-state index is 6.37. The van der Waals surface area contributed by atoms with Gasteiger partial charge in [0.2, 0.25) is 0 Å². The zero-order chi connectivity index (χ0) is 13.8. The van der Waals surface area contributed by atoms with Crippen LogP contribution in [0.4, 0.5) is 0 Å². The quantitative estimate of drug-likeness (QED) is 0.862. The van der Waals surface area contributed by atoms with Crippen LogP contribution in [0.3, 0.4) is 0 Å². The molecule has 2 heterocycles. The zero-order valence-corrected chi connectivity index (χ0v) is 12.5. The van der Waals surface area contributed by atoms with E-state index in [2.05, 4.69) is 17.3 Å². The molecule has 5 nitrogen and oxygen atoms in total. The first kappa shape index (κ1) is 14.8. The van der Waals surface area contributed by atoms with E-state index in [0.717, 1.165) is 35.7 Å². The van der Waals surface area contributed by atoms with Gasteiger partial charge in [-0.1, -0.05) is 18.5 Å². The molecule has 19 heavy (non-hydrogen) atoms. The first-order valence-electron chi connectivity index (χ1n) is 6.76. The molecule has 1 atom stereocenters. The van der Waals surface area contributed by atoms with Crippen molar-refractivity contribution in [3.8, 4) is 0 Å². The highest BCUT2D eigenvalue weighted by molar-refractivity contribution is 6.31. The van der Waals surface area contributed by atoms with Crippen LogP contribution in [0.2, 0.25) is 5.02 Å². The van der Waals surface area contributed by atoms with E-state index in [1.54, 1.807) is 0 Å². The number of hydrogen-bond donors (Lipinski definition) is 1. The molecule has 0 bridgehead atoms. The molecule has 108 valence electrons. The van der Waals surface area contributed by atoms with Crippen molar-refractivity contribution in [1.82, 2.24) is 15.1 Å². The number of aryl methyl sites for hydroxylation is 2. The third-order valence-corrected chi connectivity index (χ3v) is 3.96. The fourth-order valence-corrected chi connectivity index (χ4v) is 2.72. The van der Waals surface area contributed by atoms with E-state index >= 15 is 0 Å². The molecule has 1 aromatic rings. The molecular weight excluding hydrogens is 266 g/mol. The minimum Gasteiger partial charge on any atom is -0.350 e. The van der Waals surface area contributed by atoms with Crippen molar-refractivity contribution in [3.05, 3.63) is 16.4 Å². The molecule has 1 aliphatic rings. The normalized spacial score (nSPS) is 18.1. The third-order valence-electron chi connectivity index (χ3n) is 3.52. The molecule has 0 spiro atoms. The summed E-state index contributed by atoms with van der Waals surface area (Å²) in [6, 6.07) is 0.265. The Morgan fingerprint density at radius 3 is 2.68 bits per heavy atom. The van der Waals surface area contributed by atoms with Gasteiger partial charge in [-0.2, -0.15) is 5.10 Å². The van der Waals surface area contributed by atoms with Gasteiger partial charge in [0.05, 0.1) is 29.6 Å². The van der Waals surface area contributed by atoms with Crippen LogP contribution < -0.4 is 5.32 Å². The van der Waals surface area contributed by atoms with E-state index in [9.17, 15) is 0 Å². The number of ether oxygens (including phenoxy) is 2. The Kier molecular flexibility index (Phi) is 5.21. The number of likely N-dealkylation sites (N-methyl/N-ethyl adjacent to an activating group) is 1. The lowest BCUT2D eigenvalue weighted by atomic mass is 10.1. The molecule has 1 saturated heterocycles. The van der Waals surface area contributed by atoms with Gasteiger partial charge in [-0.3, -0.25) is 4.68 Å². The van der Waals surface area contributed by atoms with Crippen LogP contribution in [-0.4, -0.2) is 42.4 Å². The molecule has 0 saturated carbocycles. The van der Waals surface area contributed by atoms with Gasteiger partial charge >= 0.3 is 0 Å². The molecule has 1 N–H and O–H groups in total. The van der Waals surface area contributed by atoms with E-state index in [0.29, 0.717) is 13.2 Å². The molecule has 1 aliphatic heterocycles. The second-order valence-corrected chi connectivity index (χ2v) is 5.16. The minimum atomic E-state index is -0.102. The first-order chi connectivity index (χ1) is 9.15. The van der Waals surface area contributed by atoms with Crippen molar-refractivity contribution in [2.24, 2.45) is 7.05 Å². The average Bonchev–Trinajstić information content (AvgIpc) is 3.00. The van der Waals surface area contributed by atoms with Crippen molar-refractivity contribution >= 4 is 11.6 Å². The van der Waals surface area contributed by atoms with Gasteiger partial charge in [-0.15, -0.1) is 0 Å². The predicted molar refractivity (Wildman–Crippen MR) is 74.5 cm³/mol. The molecule has 0 aliphatic carbocycles. The summed E-state index contributed by atoms with van der Waals surface area (Å²) in [5.74, 6) is 0. The summed E-state index contributed by atoms with van der Waals surface area (Å²) in [5, 5.41) is 8.53. The summed E-state index contributed by atoms with van der Waals surface area (Å²) < 4.78 is 12.9. The van der Waals surface area contributed by atoms with Gasteiger partial charge in [0, 0.05) is 25.9 Å². The standard InChI is InChI=1S/C13H22ClN3O2/c1-4-10-13(14)11(17(3)16-10)7-9(15-2)8-12-18-5-6-19-12/h9,12,15H,4-8H2,1-3H3. The summed E-state index contributed by atoms with van der Waals surface area (Å²) in [5.41, 5.74) is 2.03. The summed E-state index contributed by atoms with van der Waals surface area (Å²) in [7, 11) is 3.89. The van der Waals surface area contributed by atoms with Crippen molar-refractivity contribution in [2.75, 3.05) is 20.3 Å². The number of nitrogens with one attached hydrogen (secondary N) is 1. The second-order valence-electron chi connectivity index (χ2n) is 4.78. The van der Waals surface area contributed by atoms with Crippen LogP contribution in [0.1, 0.15) is 24.7 Å². The van der Waals surface area contributed by atoms with Gasteiger partial charge < -0.3 is 14.8 Å². The molecule has 0 radical (unpaired) electrons. The van der Waals surface area contributed by atoms with E-state index in [4.69, 9.17) is 21.1 Å². The van der Waals surface area contributed by atoms with Crippen molar-refractivity contribution in [2.45, 2.75) is 38.5 Å². The molecule has 6 heteroatoms. The summed E-state index contributed by atoms with van der Waals surface area (Å²) in [6.07, 6.45) is 2.39. The fraction of sp³-hybridized carbons (Fsp3) is 0.769. The Hall–Kier alpha value is -0.620. The Morgan fingerprint density at radius 2 is 2.16 bits per heavy atom. The van der Waals surface area contributed by atoms with Crippen molar-refractivity contribution in [1.29, 1.82) is 0 Å². The Morgan fingerprint density at radius 1 is 1.47 bits per heavy atom. The maximum atomic E-state index is 6.37. The van der Waals surface area contributed by atoms with Gasteiger partial charge in [-0.05, 0) is 13.5 Å². The SMILES string of the molecule is CCc1nn(C)c(CC(CC2OCCO2)NC)c1Cl. The number of rotatable bonds is 6. The van der Waals surface area contributed by atoms with Gasteiger partial charge in [0.1, 0.15) is 0 Å². The van der Waals surface area contributed by atoms with Crippen LogP contribution >= 0.6 is 11.6 Å². The maximum Gasteiger partial charge on any atom is 0.159 e. The van der Waals surface area contributed by atoms with Crippen LogP contribution in [0.25, 0.3) is 0 Å². The van der Waals surface area contributed by atoms with Gasteiger partial charge in [0.15, 0.2) is 6.29 Å². The highest BCUT2D eigenvalue weighted by atomic mass is 35.5. The highest BCUT2D eigenvalue weighted by Gasteiger charge is 2.23. The van der Waals surface area contributed by atoms with Crippen LogP contribution in [-0.2, 0) is 29.4 Å². The fourth-order valence-electron chi connectivity index (χ4n) is 2.35. The van der Waals surface area contributed by atoms with E-state index in [-0.39, 0.29) is 12.3 Å². The van der Waals surface area contributed by atoms with Crippen LogP contribution in [0.5, 0.6) is 0 Å². The van der Waals surface area contributed by atoms with Crippen LogP contribution in [0.15, 0.2) is 0 Å². The zero-order valence-electron chi connectivity index (χ0n) is 11.8. The van der Waals surface area contributed by atoms with E-state index in [1.807, 2.05) is 18.8 Å². The Bertz CT molecular complexity index is 416. The summed E-state index contributed by atoms with van der Waals surface area (Å²) in [6.45, 7) is 3.44. The van der Waals surface area contributed by atoms with Crippen LogP contribution in [0, 0.1) is 0 Å². The van der Waals surface area contributed by atoms with Crippen molar-refractivity contribution < 1.29 is 9.47 Å². The number of aromatic nitrogens is 2. The molecule has 0 amide bonds. The monoisotopic (exact) mass is 287 g/mol. The van der Waals surface area contributed by atoms with E-state index < -0.39 is 0 Å². The first-order valence-corrected chi connectivity index (χ1v) is 7.14. The lowest BCUT2D eigenvalue weighted by Crippen LogP contribution is -2.33.